The highest BCUT2D eigenvalue weighted by Crippen LogP contribution is 2.33. The molecule has 1 fully saturated rings. The van der Waals surface area contributed by atoms with E-state index in [9.17, 15) is 4.79 Å². The summed E-state index contributed by atoms with van der Waals surface area (Å²) in [5.41, 5.74) is 4.72. The second-order valence-electron chi connectivity index (χ2n) is 8.96. The van der Waals surface area contributed by atoms with Crippen molar-refractivity contribution >= 4 is 28.2 Å². The number of hydrogen-bond acceptors (Lipinski definition) is 5. The van der Waals surface area contributed by atoms with Crippen LogP contribution in [0.2, 0.25) is 0 Å². The van der Waals surface area contributed by atoms with Gasteiger partial charge in [-0.1, -0.05) is 18.2 Å². The minimum Gasteiger partial charge on any atom is -0.454 e. The molecule has 7 nitrogen and oxygen atoms in total. The zero-order valence-electron chi connectivity index (χ0n) is 19.5. The summed E-state index contributed by atoms with van der Waals surface area (Å²) in [6.07, 6.45) is 2.27. The molecule has 0 radical (unpaired) electrons. The molecule has 3 aromatic rings. The average molecular weight is 480 g/mol. The molecule has 1 atom stereocenters. The summed E-state index contributed by atoms with van der Waals surface area (Å²) in [4.78, 5) is 18.1. The Kier molecular flexibility index (Phi) is 6.43. The van der Waals surface area contributed by atoms with Crippen LogP contribution in [0.5, 0.6) is 11.5 Å². The largest absolute Gasteiger partial charge is 0.454 e. The third kappa shape index (κ3) is 4.74. The van der Waals surface area contributed by atoms with Crippen LogP contribution in [0.3, 0.4) is 0 Å². The minimum absolute atomic E-state index is 0.0983. The fourth-order valence-corrected chi connectivity index (χ4v) is 4.68. The lowest BCUT2D eigenvalue weighted by Crippen LogP contribution is -2.42. The van der Waals surface area contributed by atoms with E-state index >= 15 is 0 Å². The van der Waals surface area contributed by atoms with E-state index in [1.807, 2.05) is 49.1 Å². The van der Waals surface area contributed by atoms with Crippen LogP contribution in [0.25, 0.3) is 10.9 Å². The highest BCUT2D eigenvalue weighted by atomic mass is 32.1. The maximum absolute atomic E-state index is 13.0. The molecule has 178 valence electrons. The third-order valence-corrected chi connectivity index (χ3v) is 6.99. The Bertz CT molecular complexity index is 1280. The number of hydrogen-bond donors (Lipinski definition) is 2. The van der Waals surface area contributed by atoms with Gasteiger partial charge in [0.1, 0.15) is 0 Å². The van der Waals surface area contributed by atoms with E-state index in [0.717, 1.165) is 58.5 Å². The molecule has 5 rings (SSSR count). The quantitative estimate of drug-likeness (QED) is 0.519. The zero-order chi connectivity index (χ0) is 23.7. The van der Waals surface area contributed by atoms with E-state index in [0.29, 0.717) is 30.3 Å². The predicted octanol–water partition coefficient (Wildman–Crippen LogP) is 3.93. The fourth-order valence-electron chi connectivity index (χ4n) is 4.47. The molecular formula is C26H29N3O4S. The van der Waals surface area contributed by atoms with Crippen molar-refractivity contribution in [2.75, 3.05) is 19.9 Å². The van der Waals surface area contributed by atoms with Gasteiger partial charge in [0, 0.05) is 25.3 Å². The lowest BCUT2D eigenvalue weighted by molar-refractivity contribution is 0.113. The van der Waals surface area contributed by atoms with Crippen LogP contribution in [0.15, 0.2) is 41.2 Å². The number of aromatic nitrogens is 1. The summed E-state index contributed by atoms with van der Waals surface area (Å²) in [7, 11) is 0. The van der Waals surface area contributed by atoms with E-state index < -0.39 is 0 Å². The van der Waals surface area contributed by atoms with Crippen LogP contribution in [0.1, 0.15) is 35.1 Å². The topological polar surface area (TPSA) is 75.8 Å². The minimum atomic E-state index is -0.0983. The number of H-pyrrole nitrogens is 1. The molecule has 0 saturated carbocycles. The normalized spacial score (nSPS) is 16.7. The van der Waals surface area contributed by atoms with Gasteiger partial charge in [0.15, 0.2) is 16.6 Å². The van der Waals surface area contributed by atoms with E-state index in [1.54, 1.807) is 0 Å². The monoisotopic (exact) mass is 479 g/mol. The van der Waals surface area contributed by atoms with Gasteiger partial charge in [0.2, 0.25) is 6.79 Å². The van der Waals surface area contributed by atoms with Crippen LogP contribution in [0, 0.1) is 13.8 Å². The van der Waals surface area contributed by atoms with Gasteiger partial charge in [-0.05, 0) is 79.2 Å². The van der Waals surface area contributed by atoms with Crippen LogP contribution < -0.4 is 20.3 Å². The van der Waals surface area contributed by atoms with Gasteiger partial charge in [-0.15, -0.1) is 0 Å². The first-order chi connectivity index (χ1) is 16.5. The standard InChI is InChI=1S/C26H29N3O4S/c1-16-5-7-19-11-20(25(30)28-24(19)17(16)2)14-29(26(34)27-12-21-4-3-9-31-21)13-18-6-8-22-23(10-18)33-15-32-22/h5-8,10-11,21H,3-4,9,12-15H2,1-2H3,(H,27,34)(H,28,30). The third-order valence-electron chi connectivity index (χ3n) is 6.59. The molecular weight excluding hydrogens is 450 g/mol. The van der Waals surface area contributed by atoms with Crippen molar-refractivity contribution in [2.45, 2.75) is 45.9 Å². The number of nitrogens with one attached hydrogen (secondary N) is 2. The first-order valence-electron chi connectivity index (χ1n) is 11.6. The fraction of sp³-hybridized carbons (Fsp3) is 0.385. The number of aromatic amines is 1. The molecule has 0 spiro atoms. The zero-order valence-corrected chi connectivity index (χ0v) is 20.3. The Morgan fingerprint density at radius 1 is 1.15 bits per heavy atom. The second kappa shape index (κ2) is 9.64. The van der Waals surface area contributed by atoms with E-state index in [-0.39, 0.29) is 18.5 Å². The van der Waals surface area contributed by atoms with Crippen molar-refractivity contribution in [3.8, 4) is 11.5 Å². The molecule has 1 saturated heterocycles. The summed E-state index contributed by atoms with van der Waals surface area (Å²) in [5, 5.41) is 4.96. The SMILES string of the molecule is Cc1ccc2cc(CN(Cc3ccc4c(c3)OCO4)C(=S)NCC3CCCO3)c(=O)[nH]c2c1C. The smallest absolute Gasteiger partial charge is 0.253 e. The molecule has 2 aromatic carbocycles. The maximum atomic E-state index is 13.0. The first kappa shape index (κ1) is 22.7. The Hall–Kier alpha value is -3.10. The highest BCUT2D eigenvalue weighted by Gasteiger charge is 2.20. The number of aryl methyl sites for hydroxylation is 2. The summed E-state index contributed by atoms with van der Waals surface area (Å²) in [6.45, 7) is 6.67. The molecule has 34 heavy (non-hydrogen) atoms. The molecule has 0 amide bonds. The van der Waals surface area contributed by atoms with Gasteiger partial charge in [0.05, 0.1) is 18.2 Å². The van der Waals surface area contributed by atoms with Crippen LogP contribution in [0.4, 0.5) is 0 Å². The molecule has 1 unspecified atom stereocenters. The van der Waals surface area contributed by atoms with E-state index in [4.69, 9.17) is 26.4 Å². The van der Waals surface area contributed by atoms with Crippen molar-refractivity contribution in [3.05, 3.63) is 69.0 Å². The predicted molar refractivity (Wildman–Crippen MR) is 135 cm³/mol. The molecule has 8 heteroatoms. The molecule has 0 aliphatic carbocycles. The van der Waals surface area contributed by atoms with Crippen LogP contribution in [-0.2, 0) is 17.8 Å². The number of rotatable bonds is 6. The van der Waals surface area contributed by atoms with Crippen molar-refractivity contribution in [3.63, 3.8) is 0 Å². The van der Waals surface area contributed by atoms with Crippen LogP contribution >= 0.6 is 12.2 Å². The Balaban J connectivity index is 1.41. The van der Waals surface area contributed by atoms with Crippen LogP contribution in [-0.4, -0.2) is 41.0 Å². The number of ether oxygens (including phenoxy) is 3. The van der Waals surface area contributed by atoms with Crippen molar-refractivity contribution in [1.29, 1.82) is 0 Å². The molecule has 2 aliphatic heterocycles. The summed E-state index contributed by atoms with van der Waals surface area (Å²) < 4.78 is 16.7. The van der Waals surface area contributed by atoms with Gasteiger partial charge >= 0.3 is 0 Å². The van der Waals surface area contributed by atoms with Crippen molar-refractivity contribution in [1.82, 2.24) is 15.2 Å². The Morgan fingerprint density at radius 3 is 2.82 bits per heavy atom. The van der Waals surface area contributed by atoms with Gasteiger partial charge in [-0.2, -0.15) is 0 Å². The summed E-state index contributed by atoms with van der Waals surface area (Å²) in [5.74, 6) is 1.47. The molecule has 0 bridgehead atoms. The maximum Gasteiger partial charge on any atom is 0.253 e. The number of nitrogens with zero attached hydrogens (tertiary/aromatic N) is 1. The van der Waals surface area contributed by atoms with E-state index in [2.05, 4.69) is 16.4 Å². The molecule has 2 aliphatic rings. The van der Waals surface area contributed by atoms with Gasteiger partial charge in [0.25, 0.3) is 5.56 Å². The number of benzene rings is 2. The average Bonchev–Trinajstić information content (AvgIpc) is 3.52. The Labute approximate surface area is 204 Å². The van der Waals surface area contributed by atoms with Gasteiger partial charge in [-0.3, -0.25) is 4.79 Å². The highest BCUT2D eigenvalue weighted by molar-refractivity contribution is 7.80. The lowest BCUT2D eigenvalue weighted by Gasteiger charge is -2.27. The lowest BCUT2D eigenvalue weighted by atomic mass is 10.0. The van der Waals surface area contributed by atoms with Crippen molar-refractivity contribution < 1.29 is 14.2 Å². The number of pyridine rings is 1. The molecule has 3 heterocycles. The van der Waals surface area contributed by atoms with Gasteiger partial charge < -0.3 is 29.4 Å². The second-order valence-corrected chi connectivity index (χ2v) is 9.35. The molecule has 1 aromatic heterocycles. The van der Waals surface area contributed by atoms with Gasteiger partial charge in [-0.25, -0.2) is 0 Å². The first-order valence-corrected chi connectivity index (χ1v) is 12.0. The number of thiocarbonyl (C=S) groups is 1. The number of fused-ring (bicyclic) bond motifs is 2. The van der Waals surface area contributed by atoms with E-state index in [1.165, 1.54) is 0 Å². The summed E-state index contributed by atoms with van der Waals surface area (Å²) >= 11 is 5.78. The Morgan fingerprint density at radius 2 is 2.00 bits per heavy atom. The summed E-state index contributed by atoms with van der Waals surface area (Å²) in [6, 6.07) is 12.0. The van der Waals surface area contributed by atoms with Crippen molar-refractivity contribution in [2.24, 2.45) is 0 Å². The molecule has 2 N–H and O–H groups in total.